The molecule has 1 atom stereocenters. The number of hydrogen-bond acceptors (Lipinski definition) is 6. The van der Waals surface area contributed by atoms with Gasteiger partial charge in [0.25, 0.3) is 0 Å². The molecule has 2 aromatic heterocycles. The first-order valence-electron chi connectivity index (χ1n) is 10.1. The molecule has 1 saturated heterocycles. The maximum Gasteiger partial charge on any atom is 0.573 e. The van der Waals surface area contributed by atoms with Crippen LogP contribution in [0.1, 0.15) is 18.4 Å². The highest BCUT2D eigenvalue weighted by Gasteiger charge is 2.32. The Morgan fingerprint density at radius 1 is 1.12 bits per heavy atom. The Bertz CT molecular complexity index is 1040. The van der Waals surface area contributed by atoms with E-state index in [4.69, 9.17) is 0 Å². The molecule has 0 spiro atoms. The largest absolute Gasteiger partial charge is 0.573 e. The summed E-state index contributed by atoms with van der Waals surface area (Å²) in [5.74, 6) is 0.384. The van der Waals surface area contributed by atoms with Gasteiger partial charge in [-0.1, -0.05) is 18.2 Å². The second-order valence-corrected chi connectivity index (χ2v) is 7.36. The topological polar surface area (TPSA) is 85.2 Å². The van der Waals surface area contributed by atoms with Crippen LogP contribution in [0.25, 0.3) is 5.82 Å². The molecule has 3 aromatic rings. The number of nitrogens with zero attached hydrogens (tertiary/aromatic N) is 5. The number of alkyl halides is 3. The van der Waals surface area contributed by atoms with Gasteiger partial charge in [-0.3, -0.25) is 4.79 Å². The van der Waals surface area contributed by atoms with E-state index < -0.39 is 6.36 Å². The fourth-order valence-electron chi connectivity index (χ4n) is 3.61. The lowest BCUT2D eigenvalue weighted by molar-refractivity contribution is -0.274. The van der Waals surface area contributed by atoms with Gasteiger partial charge < -0.3 is 15.0 Å². The van der Waals surface area contributed by atoms with Crippen molar-refractivity contribution < 1.29 is 22.7 Å². The van der Waals surface area contributed by atoms with Gasteiger partial charge in [-0.2, -0.15) is 5.10 Å². The van der Waals surface area contributed by atoms with Crippen LogP contribution in [-0.4, -0.2) is 45.3 Å². The Morgan fingerprint density at radius 3 is 2.62 bits per heavy atom. The zero-order valence-corrected chi connectivity index (χ0v) is 17.0. The van der Waals surface area contributed by atoms with Crippen LogP contribution in [0, 0.1) is 5.92 Å². The molecule has 1 N–H and O–H groups in total. The Morgan fingerprint density at radius 2 is 1.91 bits per heavy atom. The van der Waals surface area contributed by atoms with Crippen LogP contribution in [0.4, 0.5) is 19.0 Å². The molecule has 1 aliphatic rings. The standard InChI is InChI=1S/C21H21F3N6O2/c22-21(23,24)32-17-7-2-1-5-15(17)13-25-20(31)16-6-3-11-29(14-16)18-8-9-19(28-27-18)30-12-4-10-26-30/h1-2,4-5,7-10,12,16H,3,6,11,13-14H2,(H,25,31). The first-order valence-corrected chi connectivity index (χ1v) is 10.1. The van der Waals surface area contributed by atoms with E-state index in [0.29, 0.717) is 24.6 Å². The quantitative estimate of drug-likeness (QED) is 0.627. The molecule has 1 amide bonds. The van der Waals surface area contributed by atoms with Crippen molar-refractivity contribution in [2.75, 3.05) is 18.0 Å². The van der Waals surface area contributed by atoms with Crippen molar-refractivity contribution in [3.05, 3.63) is 60.4 Å². The number of nitrogens with one attached hydrogen (secondary N) is 1. The third kappa shape index (κ3) is 5.34. The van der Waals surface area contributed by atoms with Gasteiger partial charge in [-0.15, -0.1) is 23.4 Å². The maximum atomic E-state index is 12.7. The van der Waals surface area contributed by atoms with Crippen LogP contribution in [0.15, 0.2) is 54.9 Å². The van der Waals surface area contributed by atoms with Gasteiger partial charge in [-0.25, -0.2) is 4.68 Å². The average Bonchev–Trinajstić information content (AvgIpc) is 3.32. The van der Waals surface area contributed by atoms with Gasteiger partial charge in [0.2, 0.25) is 5.91 Å². The number of anilines is 1. The van der Waals surface area contributed by atoms with Crippen molar-refractivity contribution in [1.82, 2.24) is 25.3 Å². The lowest BCUT2D eigenvalue weighted by atomic mass is 9.97. The summed E-state index contributed by atoms with van der Waals surface area (Å²) in [6, 6.07) is 11.2. The molecular weight excluding hydrogens is 425 g/mol. The minimum Gasteiger partial charge on any atom is -0.405 e. The van der Waals surface area contributed by atoms with E-state index in [-0.39, 0.29) is 29.7 Å². The summed E-state index contributed by atoms with van der Waals surface area (Å²) in [5.41, 5.74) is 0.255. The SMILES string of the molecule is O=C(NCc1ccccc1OC(F)(F)F)C1CCCN(c2ccc(-n3cccn3)nn2)C1. The van der Waals surface area contributed by atoms with E-state index in [1.165, 1.54) is 18.2 Å². The number of carbonyl (C=O) groups is 1. The number of benzene rings is 1. The van der Waals surface area contributed by atoms with E-state index in [9.17, 15) is 18.0 Å². The molecule has 1 aliphatic heterocycles. The predicted octanol–water partition coefficient (Wildman–Crippen LogP) is 3.09. The summed E-state index contributed by atoms with van der Waals surface area (Å²) in [4.78, 5) is 14.7. The number of rotatable bonds is 6. The number of halogens is 3. The van der Waals surface area contributed by atoms with Crippen molar-refractivity contribution >= 4 is 11.7 Å². The highest BCUT2D eigenvalue weighted by atomic mass is 19.4. The van der Waals surface area contributed by atoms with E-state index >= 15 is 0 Å². The van der Waals surface area contributed by atoms with Crippen LogP contribution in [0.2, 0.25) is 0 Å². The molecule has 168 valence electrons. The van der Waals surface area contributed by atoms with Crippen molar-refractivity contribution in [2.45, 2.75) is 25.7 Å². The lowest BCUT2D eigenvalue weighted by Crippen LogP contribution is -2.43. The fraction of sp³-hybridized carbons (Fsp3) is 0.333. The Hall–Kier alpha value is -3.63. The number of aromatic nitrogens is 4. The molecular formula is C21H21F3N6O2. The van der Waals surface area contributed by atoms with Gasteiger partial charge in [0.15, 0.2) is 11.6 Å². The van der Waals surface area contributed by atoms with Crippen molar-refractivity contribution in [2.24, 2.45) is 5.92 Å². The van der Waals surface area contributed by atoms with Crippen molar-refractivity contribution in [3.8, 4) is 11.6 Å². The van der Waals surface area contributed by atoms with E-state index in [0.717, 1.165) is 13.0 Å². The van der Waals surface area contributed by atoms with Crippen molar-refractivity contribution in [1.29, 1.82) is 0 Å². The lowest BCUT2D eigenvalue weighted by Gasteiger charge is -2.32. The zero-order chi connectivity index (χ0) is 22.6. The van der Waals surface area contributed by atoms with Gasteiger partial charge in [0.05, 0.1) is 5.92 Å². The first-order chi connectivity index (χ1) is 15.4. The average molecular weight is 446 g/mol. The number of amides is 1. The molecule has 11 heteroatoms. The summed E-state index contributed by atoms with van der Waals surface area (Å²) < 4.78 is 43.4. The normalized spacial score (nSPS) is 16.6. The van der Waals surface area contributed by atoms with Crippen molar-refractivity contribution in [3.63, 3.8) is 0 Å². The van der Waals surface area contributed by atoms with Gasteiger partial charge in [0.1, 0.15) is 5.75 Å². The smallest absolute Gasteiger partial charge is 0.405 e. The Labute approximate surface area is 182 Å². The molecule has 0 aliphatic carbocycles. The van der Waals surface area contributed by atoms with Gasteiger partial charge in [-0.05, 0) is 37.1 Å². The summed E-state index contributed by atoms with van der Waals surface area (Å²) in [7, 11) is 0. The minimum absolute atomic E-state index is 0.0556. The molecule has 4 rings (SSSR count). The van der Waals surface area contributed by atoms with Crippen LogP contribution >= 0.6 is 0 Å². The Balaban J connectivity index is 1.36. The summed E-state index contributed by atoms with van der Waals surface area (Å²) in [6.45, 7) is 1.13. The van der Waals surface area contributed by atoms with E-state index in [1.807, 2.05) is 11.0 Å². The predicted molar refractivity (Wildman–Crippen MR) is 109 cm³/mol. The molecule has 0 bridgehead atoms. The van der Waals surface area contributed by atoms with Crippen LogP contribution in [0.5, 0.6) is 5.75 Å². The monoisotopic (exact) mass is 446 g/mol. The van der Waals surface area contributed by atoms with Crippen LogP contribution in [0.3, 0.4) is 0 Å². The summed E-state index contributed by atoms with van der Waals surface area (Å²) >= 11 is 0. The highest BCUT2D eigenvalue weighted by molar-refractivity contribution is 5.79. The maximum absolute atomic E-state index is 12.7. The Kier molecular flexibility index (Phi) is 6.24. The summed E-state index contributed by atoms with van der Waals surface area (Å²) in [6.07, 6.45) is 0.0915. The third-order valence-electron chi connectivity index (χ3n) is 5.14. The number of hydrogen-bond donors (Lipinski definition) is 1. The van der Waals surface area contributed by atoms with Crippen LogP contribution in [-0.2, 0) is 11.3 Å². The molecule has 1 aromatic carbocycles. The number of ether oxygens (including phenoxy) is 1. The molecule has 3 heterocycles. The summed E-state index contributed by atoms with van der Waals surface area (Å²) in [5, 5.41) is 15.3. The minimum atomic E-state index is -4.79. The third-order valence-corrected chi connectivity index (χ3v) is 5.14. The molecule has 1 unspecified atom stereocenters. The van der Waals surface area contributed by atoms with E-state index in [2.05, 4.69) is 25.3 Å². The molecule has 1 fully saturated rings. The molecule has 0 radical (unpaired) electrons. The molecule has 32 heavy (non-hydrogen) atoms. The first kappa shape index (κ1) is 21.6. The number of para-hydroxylation sites is 1. The molecule has 8 nitrogen and oxygen atoms in total. The van der Waals surface area contributed by atoms with Gasteiger partial charge >= 0.3 is 6.36 Å². The molecule has 0 saturated carbocycles. The second kappa shape index (κ2) is 9.25. The van der Waals surface area contributed by atoms with Gasteiger partial charge in [0, 0.05) is 37.6 Å². The zero-order valence-electron chi connectivity index (χ0n) is 17.0. The fourth-order valence-corrected chi connectivity index (χ4v) is 3.61. The number of carbonyl (C=O) groups excluding carboxylic acids is 1. The van der Waals surface area contributed by atoms with E-state index in [1.54, 1.807) is 35.3 Å². The second-order valence-electron chi connectivity index (χ2n) is 7.36. The highest BCUT2D eigenvalue weighted by Crippen LogP contribution is 2.27. The van der Waals surface area contributed by atoms with Crippen LogP contribution < -0.4 is 15.0 Å². The number of piperidine rings is 1.